The van der Waals surface area contributed by atoms with Gasteiger partial charge in [-0.05, 0) is 24.3 Å². The number of benzene rings is 1. The van der Waals surface area contributed by atoms with Gasteiger partial charge in [-0.3, -0.25) is 4.79 Å². The molecule has 0 atom stereocenters. The number of ether oxygens (including phenoxy) is 2. The molecular weight excluding hydrogens is 350 g/mol. The van der Waals surface area contributed by atoms with Crippen molar-refractivity contribution < 1.29 is 18.8 Å². The number of nitrogens with one attached hydrogen (secondary N) is 1. The smallest absolute Gasteiger partial charge is 0.277 e. The summed E-state index contributed by atoms with van der Waals surface area (Å²) < 4.78 is 16.8. The fourth-order valence-corrected chi connectivity index (χ4v) is 2.60. The number of nitrogens with zero attached hydrogens (tertiary/aromatic N) is 4. The zero-order valence-electron chi connectivity index (χ0n) is 14.5. The Bertz CT molecular complexity index is 1100. The molecule has 0 spiro atoms. The SMILES string of the molecule is COc1ccc(-c2ccn3nc(C(=O)Nc4ccon4)cc3n2)cc1OC. The minimum absolute atomic E-state index is 0.218. The van der Waals surface area contributed by atoms with Gasteiger partial charge < -0.3 is 19.3 Å². The summed E-state index contributed by atoms with van der Waals surface area (Å²) in [7, 11) is 3.16. The molecular formula is C18H15N5O4. The van der Waals surface area contributed by atoms with Crippen molar-refractivity contribution >= 4 is 17.4 Å². The third kappa shape index (κ3) is 3.17. The van der Waals surface area contributed by atoms with Crippen molar-refractivity contribution in [3.8, 4) is 22.8 Å². The number of carbonyl (C=O) groups excluding carboxylic acids is 1. The summed E-state index contributed by atoms with van der Waals surface area (Å²) in [6.07, 6.45) is 3.11. The molecule has 0 saturated carbocycles. The van der Waals surface area contributed by atoms with Gasteiger partial charge in [-0.25, -0.2) is 9.50 Å². The third-order valence-corrected chi connectivity index (χ3v) is 3.92. The Labute approximate surface area is 153 Å². The van der Waals surface area contributed by atoms with Crippen molar-refractivity contribution in [3.63, 3.8) is 0 Å². The second kappa shape index (κ2) is 6.79. The van der Waals surface area contributed by atoms with Crippen molar-refractivity contribution in [2.24, 2.45) is 0 Å². The Morgan fingerprint density at radius 2 is 1.96 bits per heavy atom. The largest absolute Gasteiger partial charge is 0.493 e. The molecule has 1 aromatic carbocycles. The monoisotopic (exact) mass is 365 g/mol. The average Bonchev–Trinajstić information content (AvgIpc) is 3.36. The van der Waals surface area contributed by atoms with Crippen LogP contribution in [0.4, 0.5) is 5.82 Å². The maximum Gasteiger partial charge on any atom is 0.277 e. The van der Waals surface area contributed by atoms with Gasteiger partial charge in [0, 0.05) is 23.9 Å². The highest BCUT2D eigenvalue weighted by Crippen LogP contribution is 2.31. The molecule has 1 N–H and O–H groups in total. The van der Waals surface area contributed by atoms with Crippen molar-refractivity contribution in [1.29, 1.82) is 0 Å². The average molecular weight is 365 g/mol. The highest BCUT2D eigenvalue weighted by atomic mass is 16.5. The quantitative estimate of drug-likeness (QED) is 0.580. The van der Waals surface area contributed by atoms with Crippen molar-refractivity contribution in [3.05, 3.63) is 54.6 Å². The molecule has 0 saturated heterocycles. The highest BCUT2D eigenvalue weighted by molar-refractivity contribution is 6.02. The molecule has 9 nitrogen and oxygen atoms in total. The van der Waals surface area contributed by atoms with Gasteiger partial charge in [-0.1, -0.05) is 5.16 Å². The standard InChI is InChI=1S/C18H15N5O4/c1-25-14-4-3-11(9-15(14)26-2)12-5-7-23-17(19-12)10-13(21-23)18(24)20-16-6-8-27-22-16/h3-10H,1-2H3,(H,20,22,24). The molecule has 0 bridgehead atoms. The van der Waals surface area contributed by atoms with Crippen LogP contribution in [0.5, 0.6) is 11.5 Å². The number of hydrogen-bond acceptors (Lipinski definition) is 7. The van der Waals surface area contributed by atoms with E-state index in [2.05, 4.69) is 25.1 Å². The first-order valence-corrected chi connectivity index (χ1v) is 7.98. The summed E-state index contributed by atoms with van der Waals surface area (Å²) in [5, 5.41) is 10.5. The lowest BCUT2D eigenvalue weighted by molar-refractivity contribution is 0.102. The van der Waals surface area contributed by atoms with Gasteiger partial charge in [0.2, 0.25) is 0 Å². The van der Waals surface area contributed by atoms with Crippen LogP contribution in [0.15, 0.2) is 53.4 Å². The molecule has 3 aromatic heterocycles. The first-order valence-electron chi connectivity index (χ1n) is 7.98. The third-order valence-electron chi connectivity index (χ3n) is 3.92. The van der Waals surface area contributed by atoms with Gasteiger partial charge in [0.1, 0.15) is 6.26 Å². The zero-order chi connectivity index (χ0) is 18.8. The lowest BCUT2D eigenvalue weighted by Crippen LogP contribution is -2.12. The summed E-state index contributed by atoms with van der Waals surface area (Å²) in [6, 6.07) is 10.5. The first kappa shape index (κ1) is 16.6. The fraction of sp³-hybridized carbons (Fsp3) is 0.111. The first-order chi connectivity index (χ1) is 13.2. The molecule has 0 aliphatic rings. The van der Waals surface area contributed by atoms with E-state index in [0.717, 1.165) is 5.56 Å². The fourth-order valence-electron chi connectivity index (χ4n) is 2.60. The Kier molecular flexibility index (Phi) is 4.17. The second-order valence-electron chi connectivity index (χ2n) is 5.55. The second-order valence-corrected chi connectivity index (χ2v) is 5.55. The van der Waals surface area contributed by atoms with E-state index in [0.29, 0.717) is 28.7 Å². The molecule has 0 fully saturated rings. The number of rotatable bonds is 5. The van der Waals surface area contributed by atoms with E-state index in [1.165, 1.54) is 10.8 Å². The van der Waals surface area contributed by atoms with Crippen molar-refractivity contribution in [1.82, 2.24) is 19.8 Å². The number of fused-ring (bicyclic) bond motifs is 1. The lowest BCUT2D eigenvalue weighted by Gasteiger charge is -2.09. The van der Waals surface area contributed by atoms with E-state index in [1.54, 1.807) is 38.6 Å². The van der Waals surface area contributed by atoms with Crippen LogP contribution in [-0.2, 0) is 0 Å². The summed E-state index contributed by atoms with van der Waals surface area (Å²) in [6.45, 7) is 0. The van der Waals surface area contributed by atoms with Crippen LogP contribution in [-0.4, -0.2) is 39.9 Å². The molecule has 136 valence electrons. The van der Waals surface area contributed by atoms with Crippen LogP contribution >= 0.6 is 0 Å². The summed E-state index contributed by atoms with van der Waals surface area (Å²) in [4.78, 5) is 16.8. The lowest BCUT2D eigenvalue weighted by atomic mass is 10.1. The minimum atomic E-state index is -0.401. The maximum atomic E-state index is 12.3. The molecule has 4 aromatic rings. The molecule has 1 amide bonds. The van der Waals surface area contributed by atoms with Crippen molar-refractivity contribution in [2.45, 2.75) is 0 Å². The van der Waals surface area contributed by atoms with E-state index in [1.807, 2.05) is 18.2 Å². The van der Waals surface area contributed by atoms with Crippen LogP contribution in [0.1, 0.15) is 10.5 Å². The van der Waals surface area contributed by atoms with Gasteiger partial charge in [0.25, 0.3) is 5.91 Å². The zero-order valence-corrected chi connectivity index (χ0v) is 14.5. The highest BCUT2D eigenvalue weighted by Gasteiger charge is 2.14. The van der Waals surface area contributed by atoms with E-state index >= 15 is 0 Å². The van der Waals surface area contributed by atoms with Crippen LogP contribution < -0.4 is 14.8 Å². The predicted molar refractivity (Wildman–Crippen MR) is 96.0 cm³/mol. The van der Waals surface area contributed by atoms with Crippen LogP contribution in [0.25, 0.3) is 16.9 Å². The molecule has 4 rings (SSSR count). The van der Waals surface area contributed by atoms with E-state index < -0.39 is 5.91 Å². The van der Waals surface area contributed by atoms with E-state index in [4.69, 9.17) is 9.47 Å². The molecule has 27 heavy (non-hydrogen) atoms. The number of amides is 1. The normalized spacial score (nSPS) is 10.7. The number of aromatic nitrogens is 4. The number of hydrogen-bond donors (Lipinski definition) is 1. The van der Waals surface area contributed by atoms with Crippen LogP contribution in [0, 0.1) is 0 Å². The van der Waals surface area contributed by atoms with Gasteiger partial charge in [0.05, 0.1) is 19.9 Å². The minimum Gasteiger partial charge on any atom is -0.493 e. The van der Waals surface area contributed by atoms with Crippen LogP contribution in [0.2, 0.25) is 0 Å². The van der Waals surface area contributed by atoms with Crippen LogP contribution in [0.3, 0.4) is 0 Å². The number of methoxy groups -OCH3 is 2. The van der Waals surface area contributed by atoms with Gasteiger partial charge in [-0.15, -0.1) is 0 Å². The number of carbonyl (C=O) groups is 1. The van der Waals surface area contributed by atoms with Gasteiger partial charge in [0.15, 0.2) is 28.7 Å². The predicted octanol–water partition coefficient (Wildman–Crippen LogP) is 2.65. The molecule has 0 aliphatic carbocycles. The van der Waals surface area contributed by atoms with Gasteiger partial charge >= 0.3 is 0 Å². The summed E-state index contributed by atoms with van der Waals surface area (Å²) in [5.41, 5.74) is 2.32. The molecule has 9 heteroatoms. The summed E-state index contributed by atoms with van der Waals surface area (Å²) in [5.74, 6) is 1.16. The molecule has 3 heterocycles. The van der Waals surface area contributed by atoms with Crippen molar-refractivity contribution in [2.75, 3.05) is 19.5 Å². The maximum absolute atomic E-state index is 12.3. The Balaban J connectivity index is 1.65. The van der Waals surface area contributed by atoms with Gasteiger partial charge in [-0.2, -0.15) is 5.10 Å². The van der Waals surface area contributed by atoms with E-state index in [9.17, 15) is 4.79 Å². The molecule has 0 unspecified atom stereocenters. The van der Waals surface area contributed by atoms with E-state index in [-0.39, 0.29) is 5.69 Å². The Morgan fingerprint density at radius 3 is 2.70 bits per heavy atom. The Hall–Kier alpha value is -3.88. The topological polar surface area (TPSA) is 104 Å². The molecule has 0 radical (unpaired) electrons. The molecule has 0 aliphatic heterocycles. The number of anilines is 1. The Morgan fingerprint density at radius 1 is 1.11 bits per heavy atom. The summed E-state index contributed by atoms with van der Waals surface area (Å²) >= 11 is 0.